The highest BCUT2D eigenvalue weighted by molar-refractivity contribution is 7.89. The number of rotatable bonds is 7. The van der Waals surface area contributed by atoms with Gasteiger partial charge in [0.25, 0.3) is 0 Å². The summed E-state index contributed by atoms with van der Waals surface area (Å²) in [4.78, 5) is 2.42. The first-order valence-corrected chi connectivity index (χ1v) is 9.39. The number of ether oxygens (including phenoxy) is 1. The second kappa shape index (κ2) is 7.20. The molecule has 5 nitrogen and oxygen atoms in total. The monoisotopic (exact) mass is 304 g/mol. The molecule has 2 rings (SSSR count). The van der Waals surface area contributed by atoms with Crippen LogP contribution in [0.25, 0.3) is 0 Å². The van der Waals surface area contributed by atoms with E-state index >= 15 is 0 Å². The van der Waals surface area contributed by atoms with E-state index in [9.17, 15) is 8.42 Å². The standard InChI is InChI=1S/C14H28N2O3S/c1-12(19-2)11-20(17,18)15-14-7-8-16(10-14)9-13-5-3-4-6-13/h12-15H,3-11H2,1-2H3/t12-,14-/m1/s1. The second-order valence-corrected chi connectivity index (χ2v) is 8.14. The van der Waals surface area contributed by atoms with E-state index in [1.807, 2.05) is 0 Å². The minimum Gasteiger partial charge on any atom is -0.381 e. The molecule has 0 aromatic heterocycles. The summed E-state index contributed by atoms with van der Waals surface area (Å²) in [6, 6.07) is 0.0745. The molecule has 2 fully saturated rings. The number of nitrogens with zero attached hydrogens (tertiary/aromatic N) is 1. The van der Waals surface area contributed by atoms with E-state index in [0.717, 1.165) is 32.0 Å². The molecule has 0 aromatic rings. The lowest BCUT2D eigenvalue weighted by atomic mass is 10.1. The predicted octanol–water partition coefficient (Wildman–Crippen LogP) is 1.21. The highest BCUT2D eigenvalue weighted by Gasteiger charge is 2.29. The number of likely N-dealkylation sites (tertiary alicyclic amines) is 1. The Morgan fingerprint density at radius 1 is 1.30 bits per heavy atom. The minimum absolute atomic E-state index is 0.0443. The molecular formula is C14H28N2O3S. The maximum atomic E-state index is 12.0. The zero-order valence-electron chi connectivity index (χ0n) is 12.7. The van der Waals surface area contributed by atoms with Crippen LogP contribution in [0.4, 0.5) is 0 Å². The molecule has 1 saturated carbocycles. The maximum Gasteiger partial charge on any atom is 0.214 e. The Morgan fingerprint density at radius 3 is 2.65 bits per heavy atom. The lowest BCUT2D eigenvalue weighted by Crippen LogP contribution is -2.41. The number of hydrogen-bond acceptors (Lipinski definition) is 4. The average molecular weight is 304 g/mol. The van der Waals surface area contributed by atoms with E-state index in [1.165, 1.54) is 25.7 Å². The Labute approximate surface area is 123 Å². The van der Waals surface area contributed by atoms with Crippen molar-refractivity contribution in [1.29, 1.82) is 0 Å². The Morgan fingerprint density at radius 2 is 2.00 bits per heavy atom. The van der Waals surface area contributed by atoms with Gasteiger partial charge in [0.15, 0.2) is 0 Å². The quantitative estimate of drug-likeness (QED) is 0.768. The molecule has 0 amide bonds. The van der Waals surface area contributed by atoms with Gasteiger partial charge < -0.3 is 9.64 Å². The Kier molecular flexibility index (Phi) is 5.84. The van der Waals surface area contributed by atoms with Gasteiger partial charge in [-0.25, -0.2) is 13.1 Å². The molecule has 0 radical (unpaired) electrons. The topological polar surface area (TPSA) is 58.6 Å². The molecule has 2 atom stereocenters. The number of nitrogens with one attached hydrogen (secondary N) is 1. The largest absolute Gasteiger partial charge is 0.381 e. The van der Waals surface area contributed by atoms with E-state index in [2.05, 4.69) is 9.62 Å². The van der Waals surface area contributed by atoms with E-state index in [1.54, 1.807) is 14.0 Å². The van der Waals surface area contributed by atoms with Crippen LogP contribution < -0.4 is 4.72 Å². The fraction of sp³-hybridized carbons (Fsp3) is 1.00. The molecule has 2 aliphatic rings. The zero-order chi connectivity index (χ0) is 14.6. The molecule has 1 aliphatic carbocycles. The van der Waals surface area contributed by atoms with Crippen molar-refractivity contribution in [2.24, 2.45) is 5.92 Å². The number of methoxy groups -OCH3 is 1. The van der Waals surface area contributed by atoms with E-state index < -0.39 is 10.0 Å². The molecule has 0 bridgehead atoms. The summed E-state index contributed by atoms with van der Waals surface area (Å²) in [7, 11) is -1.69. The Bertz CT molecular complexity index is 393. The van der Waals surface area contributed by atoms with Crippen LogP contribution in [0.2, 0.25) is 0 Å². The van der Waals surface area contributed by atoms with Gasteiger partial charge in [0, 0.05) is 26.2 Å². The SMILES string of the molecule is CO[C@H](C)CS(=O)(=O)N[C@@H]1CCN(CC2CCCC2)C1. The summed E-state index contributed by atoms with van der Waals surface area (Å²) in [6.07, 6.45) is 6.08. The molecule has 0 spiro atoms. The molecule has 1 aliphatic heterocycles. The molecule has 1 heterocycles. The lowest BCUT2D eigenvalue weighted by molar-refractivity contribution is 0.136. The summed E-state index contributed by atoms with van der Waals surface area (Å²) < 4.78 is 31.9. The molecule has 0 unspecified atom stereocenters. The molecule has 1 saturated heterocycles. The van der Waals surface area contributed by atoms with Gasteiger partial charge in [-0.2, -0.15) is 0 Å². The first-order valence-electron chi connectivity index (χ1n) is 7.73. The van der Waals surface area contributed by atoms with Crippen LogP contribution in [0.5, 0.6) is 0 Å². The second-order valence-electron chi connectivity index (χ2n) is 6.34. The molecule has 118 valence electrons. The summed E-state index contributed by atoms with van der Waals surface area (Å²) >= 11 is 0. The van der Waals surface area contributed by atoms with Crippen molar-refractivity contribution in [1.82, 2.24) is 9.62 Å². The molecule has 1 N–H and O–H groups in total. The first-order chi connectivity index (χ1) is 9.48. The van der Waals surface area contributed by atoms with E-state index in [0.29, 0.717) is 0 Å². The van der Waals surface area contributed by atoms with Gasteiger partial charge in [-0.05, 0) is 38.6 Å². The van der Waals surface area contributed by atoms with Crippen LogP contribution in [0.3, 0.4) is 0 Å². The molecule has 0 aromatic carbocycles. The van der Waals surface area contributed by atoms with E-state index in [-0.39, 0.29) is 17.9 Å². The molecular weight excluding hydrogens is 276 g/mol. The van der Waals surface area contributed by atoms with Crippen molar-refractivity contribution in [3.05, 3.63) is 0 Å². The third-order valence-corrected chi connectivity index (χ3v) is 6.07. The van der Waals surface area contributed by atoms with Gasteiger partial charge in [-0.15, -0.1) is 0 Å². The van der Waals surface area contributed by atoms with Crippen molar-refractivity contribution >= 4 is 10.0 Å². The van der Waals surface area contributed by atoms with Gasteiger partial charge in [0.1, 0.15) is 0 Å². The van der Waals surface area contributed by atoms with Gasteiger partial charge in [-0.3, -0.25) is 0 Å². The van der Waals surface area contributed by atoms with Gasteiger partial charge >= 0.3 is 0 Å². The Balaban J connectivity index is 1.74. The van der Waals surface area contributed by atoms with Crippen LogP contribution in [-0.2, 0) is 14.8 Å². The fourth-order valence-electron chi connectivity index (χ4n) is 3.33. The van der Waals surface area contributed by atoms with Gasteiger partial charge in [-0.1, -0.05) is 12.8 Å². The third-order valence-electron chi connectivity index (χ3n) is 4.47. The van der Waals surface area contributed by atoms with Crippen LogP contribution in [-0.4, -0.2) is 58.0 Å². The third kappa shape index (κ3) is 4.98. The maximum absolute atomic E-state index is 12.0. The normalized spacial score (nSPS) is 27.2. The zero-order valence-corrected chi connectivity index (χ0v) is 13.5. The summed E-state index contributed by atoms with van der Waals surface area (Å²) in [5.74, 6) is 0.877. The van der Waals surface area contributed by atoms with Crippen molar-refractivity contribution in [3.63, 3.8) is 0 Å². The highest BCUT2D eigenvalue weighted by Crippen LogP contribution is 2.26. The van der Waals surface area contributed by atoms with Crippen LogP contribution in [0.15, 0.2) is 0 Å². The fourth-order valence-corrected chi connectivity index (χ4v) is 4.88. The lowest BCUT2D eigenvalue weighted by Gasteiger charge is -2.20. The van der Waals surface area contributed by atoms with Crippen molar-refractivity contribution in [2.75, 3.05) is 32.5 Å². The predicted molar refractivity (Wildman–Crippen MR) is 80.2 cm³/mol. The molecule has 20 heavy (non-hydrogen) atoms. The van der Waals surface area contributed by atoms with Crippen LogP contribution >= 0.6 is 0 Å². The Hall–Kier alpha value is -0.170. The first kappa shape index (κ1) is 16.2. The molecule has 6 heteroatoms. The van der Waals surface area contributed by atoms with Crippen LogP contribution in [0, 0.1) is 5.92 Å². The minimum atomic E-state index is -3.23. The summed E-state index contributed by atoms with van der Waals surface area (Å²) in [6.45, 7) is 4.80. The number of sulfonamides is 1. The van der Waals surface area contributed by atoms with Crippen molar-refractivity contribution in [2.45, 2.75) is 51.2 Å². The number of hydrogen-bond donors (Lipinski definition) is 1. The summed E-state index contributed by atoms with van der Waals surface area (Å²) in [5, 5.41) is 0. The average Bonchev–Trinajstić information content (AvgIpc) is 3.00. The van der Waals surface area contributed by atoms with Crippen molar-refractivity contribution < 1.29 is 13.2 Å². The highest BCUT2D eigenvalue weighted by atomic mass is 32.2. The smallest absolute Gasteiger partial charge is 0.214 e. The van der Waals surface area contributed by atoms with Crippen LogP contribution in [0.1, 0.15) is 39.0 Å². The van der Waals surface area contributed by atoms with Gasteiger partial charge in [0.05, 0.1) is 11.9 Å². The van der Waals surface area contributed by atoms with Crippen molar-refractivity contribution in [3.8, 4) is 0 Å². The van der Waals surface area contributed by atoms with Gasteiger partial charge in [0.2, 0.25) is 10.0 Å². The summed E-state index contributed by atoms with van der Waals surface area (Å²) in [5.41, 5.74) is 0. The van der Waals surface area contributed by atoms with E-state index in [4.69, 9.17) is 4.74 Å².